The zero-order chi connectivity index (χ0) is 22.8. The number of para-hydroxylation sites is 2. The van der Waals surface area contributed by atoms with Crippen LogP contribution in [0.5, 0.6) is 0 Å². The van der Waals surface area contributed by atoms with Crippen LogP contribution in [0.3, 0.4) is 0 Å². The summed E-state index contributed by atoms with van der Waals surface area (Å²) in [6.07, 6.45) is 0. The van der Waals surface area contributed by atoms with E-state index in [9.17, 15) is 0 Å². The Bertz CT molecular complexity index is 1840. The summed E-state index contributed by atoms with van der Waals surface area (Å²) in [6.45, 7) is 0. The molecule has 8 aromatic rings. The topological polar surface area (TPSA) is 9.86 Å². The SMILES string of the molecule is Cn1c2ccccc2c2[cH-]c3ccccc3c21.Cn1c2ccccc2c2[cH-]c3ccccc3c21.[Cl-].[Cl-].[Zr+4]. The number of benzene rings is 4. The maximum Gasteiger partial charge on any atom is 4.00 e. The van der Waals surface area contributed by atoms with E-state index in [4.69, 9.17) is 0 Å². The summed E-state index contributed by atoms with van der Waals surface area (Å²) in [5, 5.41) is 10.8. The minimum absolute atomic E-state index is 0. The van der Waals surface area contributed by atoms with Crippen LogP contribution in [0.2, 0.25) is 0 Å². The Morgan fingerprint density at radius 1 is 0.459 bits per heavy atom. The molecule has 0 atom stereocenters. The van der Waals surface area contributed by atoms with E-state index >= 15 is 0 Å². The monoisotopic (exact) mass is 596 g/mol. The summed E-state index contributed by atoms with van der Waals surface area (Å²) in [5.41, 5.74) is 5.31. The van der Waals surface area contributed by atoms with Crippen LogP contribution in [-0.2, 0) is 40.3 Å². The van der Waals surface area contributed by atoms with Gasteiger partial charge in [-0.2, -0.15) is 0 Å². The van der Waals surface area contributed by atoms with Crippen LogP contribution < -0.4 is 24.8 Å². The molecular weight excluding hydrogens is 574 g/mol. The Morgan fingerprint density at radius 2 is 0.784 bits per heavy atom. The predicted molar refractivity (Wildman–Crippen MR) is 147 cm³/mol. The van der Waals surface area contributed by atoms with Gasteiger partial charge in [-0.05, 0) is 23.2 Å². The molecule has 0 fully saturated rings. The molecule has 0 aliphatic heterocycles. The molecule has 5 heteroatoms. The van der Waals surface area contributed by atoms with Gasteiger partial charge in [0.05, 0.1) is 0 Å². The van der Waals surface area contributed by atoms with Gasteiger partial charge in [0.1, 0.15) is 0 Å². The number of hydrogen-bond acceptors (Lipinski definition) is 0. The fourth-order valence-corrected chi connectivity index (χ4v) is 5.78. The second kappa shape index (κ2) is 10.5. The van der Waals surface area contributed by atoms with E-state index in [1.807, 2.05) is 0 Å². The second-order valence-electron chi connectivity index (χ2n) is 9.14. The van der Waals surface area contributed by atoms with Crippen LogP contribution in [0.4, 0.5) is 0 Å². The van der Waals surface area contributed by atoms with Gasteiger partial charge in [-0.15, -0.1) is 35.0 Å². The number of fused-ring (bicyclic) bond motifs is 10. The minimum Gasteiger partial charge on any atom is -1.00 e. The standard InChI is InChI=1S/2C16H12N.2ClH.Zr/c2*1-17-15-9-5-4-8-13(15)14-10-11-6-2-3-7-12(11)16(14)17;;;/h2*2-10H,1H3;2*1H;/q2*-1;;;+4/p-2. The molecule has 0 aliphatic rings. The Hall–Kier alpha value is -2.84. The molecule has 0 saturated heterocycles. The Morgan fingerprint density at radius 3 is 1.19 bits per heavy atom. The molecule has 0 saturated carbocycles. The summed E-state index contributed by atoms with van der Waals surface area (Å²) in [4.78, 5) is 0. The molecule has 180 valence electrons. The maximum atomic E-state index is 2.30. The molecule has 0 amide bonds. The fraction of sp³-hybridized carbons (Fsp3) is 0.0625. The van der Waals surface area contributed by atoms with Crippen LogP contribution in [0.1, 0.15) is 0 Å². The number of hydrogen-bond donors (Lipinski definition) is 0. The molecule has 2 nitrogen and oxygen atoms in total. The number of aromatic nitrogens is 2. The van der Waals surface area contributed by atoms with Crippen molar-refractivity contribution in [2.75, 3.05) is 0 Å². The van der Waals surface area contributed by atoms with E-state index in [0.717, 1.165) is 0 Å². The van der Waals surface area contributed by atoms with Gasteiger partial charge in [-0.3, -0.25) is 0 Å². The van der Waals surface area contributed by atoms with Crippen LogP contribution in [0.25, 0.3) is 65.2 Å². The molecule has 0 N–H and O–H groups in total. The van der Waals surface area contributed by atoms with Crippen LogP contribution in [-0.4, -0.2) is 9.13 Å². The minimum atomic E-state index is 0. The fourth-order valence-electron chi connectivity index (χ4n) is 5.78. The van der Waals surface area contributed by atoms with Gasteiger partial charge in [0, 0.05) is 25.1 Å². The maximum absolute atomic E-state index is 2.30. The average molecular weight is 599 g/mol. The second-order valence-corrected chi connectivity index (χ2v) is 9.14. The van der Waals surface area contributed by atoms with Crippen LogP contribution in [0.15, 0.2) is 109 Å². The molecule has 0 radical (unpaired) electrons. The first-order chi connectivity index (χ1) is 16.7. The number of rotatable bonds is 0. The van der Waals surface area contributed by atoms with Gasteiger partial charge in [-0.1, -0.05) is 105 Å². The third-order valence-electron chi connectivity index (χ3n) is 7.32. The Labute approximate surface area is 247 Å². The Kier molecular flexibility index (Phi) is 7.72. The van der Waals surface area contributed by atoms with Crippen molar-refractivity contribution in [1.29, 1.82) is 0 Å². The smallest absolute Gasteiger partial charge is 1.00 e. The molecule has 37 heavy (non-hydrogen) atoms. The molecule has 2 aromatic heterocycles. The third kappa shape index (κ3) is 4.05. The molecule has 0 unspecified atom stereocenters. The molecule has 0 bridgehead atoms. The van der Waals surface area contributed by atoms with E-state index < -0.39 is 0 Å². The first kappa shape index (κ1) is 27.2. The summed E-state index contributed by atoms with van der Waals surface area (Å²) < 4.78 is 4.60. The third-order valence-corrected chi connectivity index (χ3v) is 7.32. The summed E-state index contributed by atoms with van der Waals surface area (Å²) in [5.74, 6) is 0. The van der Waals surface area contributed by atoms with E-state index in [0.29, 0.717) is 0 Å². The summed E-state index contributed by atoms with van der Waals surface area (Å²) in [6, 6.07) is 39.0. The van der Waals surface area contributed by atoms with Crippen LogP contribution >= 0.6 is 0 Å². The molecule has 0 spiro atoms. The summed E-state index contributed by atoms with van der Waals surface area (Å²) in [7, 11) is 4.30. The van der Waals surface area contributed by atoms with Gasteiger partial charge >= 0.3 is 26.2 Å². The van der Waals surface area contributed by atoms with Gasteiger partial charge in [-0.25, -0.2) is 0 Å². The van der Waals surface area contributed by atoms with Crippen molar-refractivity contribution < 1.29 is 51.0 Å². The van der Waals surface area contributed by atoms with Crippen molar-refractivity contribution in [3.8, 4) is 0 Å². The van der Waals surface area contributed by atoms with Crippen molar-refractivity contribution in [3.63, 3.8) is 0 Å². The van der Waals surface area contributed by atoms with E-state index in [-0.39, 0.29) is 51.0 Å². The first-order valence-corrected chi connectivity index (χ1v) is 11.8. The van der Waals surface area contributed by atoms with Crippen molar-refractivity contribution >= 4 is 65.2 Å². The average Bonchev–Trinajstić information content (AvgIpc) is 3.60. The van der Waals surface area contributed by atoms with Crippen molar-refractivity contribution in [2.24, 2.45) is 14.1 Å². The molecular formula is C32H24Cl2N2Zr. The van der Waals surface area contributed by atoms with Gasteiger partial charge in [0.2, 0.25) is 0 Å². The first-order valence-electron chi connectivity index (χ1n) is 11.8. The molecule has 6 aromatic carbocycles. The summed E-state index contributed by atoms with van der Waals surface area (Å²) >= 11 is 0. The van der Waals surface area contributed by atoms with Gasteiger partial charge in [0.15, 0.2) is 0 Å². The van der Waals surface area contributed by atoms with E-state index in [1.165, 1.54) is 65.2 Å². The number of halogens is 2. The zero-order valence-corrected chi connectivity index (χ0v) is 24.5. The number of aryl methyl sites for hydroxylation is 2. The van der Waals surface area contributed by atoms with E-state index in [2.05, 4.69) is 132 Å². The predicted octanol–water partition coefficient (Wildman–Crippen LogP) is 2.41. The number of nitrogens with zero attached hydrogens (tertiary/aromatic N) is 2. The molecule has 8 rings (SSSR count). The molecule has 0 aliphatic carbocycles. The molecule has 2 heterocycles. The van der Waals surface area contributed by atoms with Crippen molar-refractivity contribution in [1.82, 2.24) is 9.13 Å². The van der Waals surface area contributed by atoms with Crippen molar-refractivity contribution in [2.45, 2.75) is 0 Å². The van der Waals surface area contributed by atoms with Crippen molar-refractivity contribution in [3.05, 3.63) is 109 Å². The Balaban J connectivity index is 0.000000160. The van der Waals surface area contributed by atoms with Gasteiger partial charge < -0.3 is 33.9 Å². The van der Waals surface area contributed by atoms with Crippen LogP contribution in [0, 0.1) is 0 Å². The van der Waals surface area contributed by atoms with Gasteiger partial charge in [0.25, 0.3) is 0 Å². The normalized spacial score (nSPS) is 10.9. The largest absolute Gasteiger partial charge is 4.00 e. The quantitative estimate of drug-likeness (QED) is 0.238. The van der Waals surface area contributed by atoms with E-state index in [1.54, 1.807) is 0 Å². The zero-order valence-electron chi connectivity index (χ0n) is 20.5.